The van der Waals surface area contributed by atoms with Crippen LogP contribution in [0.4, 0.5) is 5.69 Å². The maximum atomic E-state index is 13.5. The number of carbonyl (C=O) groups is 1. The number of piperazine rings is 1. The SMILES string of the molecule is C[C@@H]1CN(c2ccc(Cl)c(Cl)c2)C[C@H](C)N1S(=O)(=O)c1ccc2c(c1)C(C(=O)O)CC2. The van der Waals surface area contributed by atoms with Crippen molar-refractivity contribution in [2.24, 2.45) is 0 Å². The molecule has 0 radical (unpaired) electrons. The molecule has 9 heteroatoms. The van der Waals surface area contributed by atoms with Crippen molar-refractivity contribution >= 4 is 44.9 Å². The lowest BCUT2D eigenvalue weighted by atomic mass is 10.0. The lowest BCUT2D eigenvalue weighted by Gasteiger charge is -2.44. The van der Waals surface area contributed by atoms with E-state index in [0.29, 0.717) is 41.5 Å². The molecule has 4 rings (SSSR count). The standard InChI is InChI=1S/C22H24Cl2N2O4S/c1-13-11-25(16-5-8-20(23)21(24)9-16)12-14(2)26(13)31(29,30)17-6-3-15-4-7-18(22(27)28)19(15)10-17/h3,5-6,8-10,13-14,18H,4,7,11-12H2,1-2H3,(H,27,28)/t13-,14+,18?. The molecule has 0 bridgehead atoms. The highest BCUT2D eigenvalue weighted by atomic mass is 35.5. The first-order chi connectivity index (χ1) is 14.6. The summed E-state index contributed by atoms with van der Waals surface area (Å²) in [5.74, 6) is -1.56. The average molecular weight is 483 g/mol. The number of halogens is 2. The van der Waals surface area contributed by atoms with Crippen LogP contribution in [0.5, 0.6) is 0 Å². The Bertz CT molecular complexity index is 1130. The van der Waals surface area contributed by atoms with Crippen LogP contribution >= 0.6 is 23.2 Å². The molecule has 2 aromatic carbocycles. The second-order valence-electron chi connectivity index (χ2n) is 8.33. The highest BCUT2D eigenvalue weighted by molar-refractivity contribution is 7.89. The summed E-state index contributed by atoms with van der Waals surface area (Å²) in [6.07, 6.45) is 1.16. The number of carboxylic acids is 1. The maximum Gasteiger partial charge on any atom is 0.310 e. The minimum atomic E-state index is -3.79. The van der Waals surface area contributed by atoms with Crippen LogP contribution in [0.3, 0.4) is 0 Å². The van der Waals surface area contributed by atoms with Crippen LogP contribution in [0.15, 0.2) is 41.3 Å². The summed E-state index contributed by atoms with van der Waals surface area (Å²) in [7, 11) is -3.79. The van der Waals surface area contributed by atoms with Crippen molar-refractivity contribution in [3.05, 3.63) is 57.6 Å². The summed E-state index contributed by atoms with van der Waals surface area (Å²) in [5.41, 5.74) is 2.42. The molecule has 1 aliphatic heterocycles. The summed E-state index contributed by atoms with van der Waals surface area (Å²) >= 11 is 12.2. The van der Waals surface area contributed by atoms with Crippen molar-refractivity contribution in [3.63, 3.8) is 0 Å². The van der Waals surface area contributed by atoms with Gasteiger partial charge >= 0.3 is 5.97 Å². The van der Waals surface area contributed by atoms with Crippen LogP contribution in [0, 0.1) is 0 Å². The van der Waals surface area contributed by atoms with E-state index in [0.717, 1.165) is 11.3 Å². The average Bonchev–Trinajstić information content (AvgIpc) is 3.13. The molecule has 1 unspecified atom stereocenters. The van der Waals surface area contributed by atoms with Crippen molar-refractivity contribution in [1.82, 2.24) is 4.31 Å². The first kappa shape index (κ1) is 22.4. The van der Waals surface area contributed by atoms with Gasteiger partial charge in [-0.05, 0) is 68.1 Å². The zero-order valence-electron chi connectivity index (χ0n) is 17.3. The quantitative estimate of drug-likeness (QED) is 0.698. The van der Waals surface area contributed by atoms with Crippen LogP contribution in [0.25, 0.3) is 0 Å². The smallest absolute Gasteiger partial charge is 0.310 e. The number of carboxylic acid groups (broad SMARTS) is 1. The third kappa shape index (κ3) is 4.04. The minimum Gasteiger partial charge on any atom is -0.481 e. The number of hydrogen-bond donors (Lipinski definition) is 1. The zero-order chi connectivity index (χ0) is 22.5. The number of anilines is 1. The number of nitrogens with zero attached hydrogens (tertiary/aromatic N) is 2. The third-order valence-corrected chi connectivity index (χ3v) is 9.04. The Labute approximate surface area is 192 Å². The molecule has 1 fully saturated rings. The van der Waals surface area contributed by atoms with Gasteiger partial charge in [0.2, 0.25) is 10.0 Å². The molecule has 166 valence electrons. The lowest BCUT2D eigenvalue weighted by Crippen LogP contribution is -2.58. The predicted octanol–water partition coefficient (Wildman–Crippen LogP) is 4.40. The Morgan fingerprint density at radius 3 is 2.32 bits per heavy atom. The number of benzene rings is 2. The molecular weight excluding hydrogens is 459 g/mol. The van der Waals surface area contributed by atoms with E-state index in [1.807, 2.05) is 19.9 Å². The Balaban J connectivity index is 1.62. The van der Waals surface area contributed by atoms with E-state index < -0.39 is 21.9 Å². The molecule has 1 heterocycles. The molecule has 3 atom stereocenters. The molecule has 1 saturated heterocycles. The van der Waals surface area contributed by atoms with Gasteiger partial charge in [0.1, 0.15) is 0 Å². The fourth-order valence-corrected chi connectivity index (χ4v) is 6.93. The van der Waals surface area contributed by atoms with Gasteiger partial charge in [-0.2, -0.15) is 4.31 Å². The molecule has 1 N–H and O–H groups in total. The third-order valence-electron chi connectivity index (χ3n) is 6.18. The monoisotopic (exact) mass is 482 g/mol. The maximum absolute atomic E-state index is 13.5. The molecule has 1 aliphatic carbocycles. The summed E-state index contributed by atoms with van der Waals surface area (Å²) in [6.45, 7) is 4.77. The number of hydrogen-bond acceptors (Lipinski definition) is 4. The fraction of sp³-hybridized carbons (Fsp3) is 0.409. The van der Waals surface area contributed by atoms with Crippen molar-refractivity contribution < 1.29 is 18.3 Å². The normalized spacial score (nSPS) is 24.3. The Hall–Kier alpha value is -1.80. The number of fused-ring (bicyclic) bond motifs is 1. The Kier molecular flexibility index (Phi) is 5.98. The summed E-state index contributed by atoms with van der Waals surface area (Å²) < 4.78 is 28.6. The van der Waals surface area contributed by atoms with Crippen molar-refractivity contribution in [2.45, 2.75) is 49.6 Å². The lowest BCUT2D eigenvalue weighted by molar-refractivity contribution is -0.138. The first-order valence-electron chi connectivity index (χ1n) is 10.2. The minimum absolute atomic E-state index is 0.154. The van der Waals surface area contributed by atoms with Crippen LogP contribution in [0.1, 0.15) is 37.3 Å². The number of aryl methyl sites for hydroxylation is 1. The highest BCUT2D eigenvalue weighted by Gasteiger charge is 2.39. The van der Waals surface area contributed by atoms with Gasteiger partial charge in [0.25, 0.3) is 0 Å². The molecule has 0 spiro atoms. The molecular formula is C22H24Cl2N2O4S. The van der Waals surface area contributed by atoms with E-state index in [-0.39, 0.29) is 17.0 Å². The number of sulfonamides is 1. The largest absolute Gasteiger partial charge is 0.481 e. The molecule has 2 aromatic rings. The second kappa shape index (κ2) is 8.28. The van der Waals surface area contributed by atoms with Gasteiger partial charge in [-0.1, -0.05) is 29.3 Å². The van der Waals surface area contributed by atoms with Crippen LogP contribution in [-0.4, -0.2) is 49.0 Å². The van der Waals surface area contributed by atoms with Gasteiger partial charge in [-0.3, -0.25) is 4.79 Å². The van der Waals surface area contributed by atoms with Gasteiger partial charge in [0.15, 0.2) is 0 Å². The van der Waals surface area contributed by atoms with Gasteiger partial charge < -0.3 is 10.0 Å². The van der Waals surface area contributed by atoms with Crippen molar-refractivity contribution in [1.29, 1.82) is 0 Å². The van der Waals surface area contributed by atoms with E-state index in [2.05, 4.69) is 4.90 Å². The van der Waals surface area contributed by atoms with Gasteiger partial charge in [0.05, 0.1) is 20.9 Å². The topological polar surface area (TPSA) is 77.9 Å². The second-order valence-corrected chi connectivity index (χ2v) is 11.0. The summed E-state index contributed by atoms with van der Waals surface area (Å²) in [6, 6.07) is 9.75. The van der Waals surface area contributed by atoms with Gasteiger partial charge in [0, 0.05) is 30.9 Å². The molecule has 0 amide bonds. The molecule has 0 aromatic heterocycles. The molecule has 6 nitrogen and oxygen atoms in total. The fourth-order valence-electron chi connectivity index (χ4n) is 4.79. The van der Waals surface area contributed by atoms with E-state index in [1.165, 1.54) is 4.31 Å². The first-order valence-corrected chi connectivity index (χ1v) is 12.4. The van der Waals surface area contributed by atoms with E-state index >= 15 is 0 Å². The van der Waals surface area contributed by atoms with Crippen LogP contribution in [0.2, 0.25) is 10.0 Å². The van der Waals surface area contributed by atoms with Gasteiger partial charge in [-0.25, -0.2) is 8.42 Å². The Morgan fingerprint density at radius 2 is 1.71 bits per heavy atom. The predicted molar refractivity (Wildman–Crippen MR) is 122 cm³/mol. The molecule has 0 saturated carbocycles. The van der Waals surface area contributed by atoms with Crippen molar-refractivity contribution in [3.8, 4) is 0 Å². The van der Waals surface area contributed by atoms with Crippen LogP contribution in [-0.2, 0) is 21.2 Å². The highest BCUT2D eigenvalue weighted by Crippen LogP contribution is 2.37. The van der Waals surface area contributed by atoms with Crippen LogP contribution < -0.4 is 4.90 Å². The van der Waals surface area contributed by atoms with E-state index in [4.69, 9.17) is 23.2 Å². The van der Waals surface area contributed by atoms with E-state index in [1.54, 1.807) is 30.3 Å². The van der Waals surface area contributed by atoms with Crippen molar-refractivity contribution in [2.75, 3.05) is 18.0 Å². The summed E-state index contributed by atoms with van der Waals surface area (Å²) in [4.78, 5) is 13.8. The summed E-state index contributed by atoms with van der Waals surface area (Å²) in [5, 5.41) is 10.4. The van der Waals surface area contributed by atoms with E-state index in [9.17, 15) is 18.3 Å². The number of aliphatic carboxylic acids is 1. The zero-order valence-corrected chi connectivity index (χ0v) is 19.6. The Morgan fingerprint density at radius 1 is 1.03 bits per heavy atom. The molecule has 2 aliphatic rings. The number of rotatable bonds is 4. The molecule has 31 heavy (non-hydrogen) atoms. The van der Waals surface area contributed by atoms with Gasteiger partial charge in [-0.15, -0.1) is 0 Å².